The minimum Gasteiger partial charge on any atom is -0.396 e. The molecule has 1 rings (SSSR count). The smallest absolute Gasteiger partial charge is 0.0459 e. The van der Waals surface area contributed by atoms with Crippen molar-refractivity contribution in [3.8, 4) is 0 Å². The van der Waals surface area contributed by atoms with E-state index in [4.69, 9.17) is 5.11 Å². The van der Waals surface area contributed by atoms with Crippen LogP contribution in [0.4, 0.5) is 0 Å². The van der Waals surface area contributed by atoms with Gasteiger partial charge in [0.2, 0.25) is 0 Å². The molecule has 0 aromatic carbocycles. The van der Waals surface area contributed by atoms with Crippen LogP contribution in [0.5, 0.6) is 0 Å². The Morgan fingerprint density at radius 1 is 1.20 bits per heavy atom. The van der Waals surface area contributed by atoms with Crippen LogP contribution in [0.15, 0.2) is 0 Å². The van der Waals surface area contributed by atoms with Gasteiger partial charge in [-0.2, -0.15) is 0 Å². The van der Waals surface area contributed by atoms with Crippen LogP contribution >= 0.6 is 0 Å². The van der Waals surface area contributed by atoms with Crippen molar-refractivity contribution in [3.05, 3.63) is 0 Å². The molecule has 15 heavy (non-hydrogen) atoms. The zero-order valence-corrected chi connectivity index (χ0v) is 10.3. The molecule has 0 saturated heterocycles. The number of nitrogens with one attached hydrogen (secondary N) is 1. The lowest BCUT2D eigenvalue weighted by atomic mass is 9.86. The number of hydrogen-bond donors (Lipinski definition) is 2. The van der Waals surface area contributed by atoms with Gasteiger partial charge in [-0.25, -0.2) is 0 Å². The summed E-state index contributed by atoms with van der Waals surface area (Å²) in [6, 6.07) is 1.43. The van der Waals surface area contributed by atoms with Gasteiger partial charge in [0, 0.05) is 18.7 Å². The van der Waals surface area contributed by atoms with Crippen molar-refractivity contribution in [1.29, 1.82) is 0 Å². The van der Waals surface area contributed by atoms with E-state index in [0.29, 0.717) is 24.6 Å². The van der Waals surface area contributed by atoms with Gasteiger partial charge in [-0.05, 0) is 44.4 Å². The maximum absolute atomic E-state index is 9.07. The SMILES string of the molecule is CCCC(CC)NC1CCC(CO)CC1. The summed E-state index contributed by atoms with van der Waals surface area (Å²) in [4.78, 5) is 0. The lowest BCUT2D eigenvalue weighted by molar-refractivity contribution is 0.170. The first-order valence-electron chi connectivity index (χ1n) is 6.67. The second-order valence-corrected chi connectivity index (χ2v) is 4.96. The molecule has 1 fully saturated rings. The Labute approximate surface area is 94.5 Å². The molecule has 1 unspecified atom stereocenters. The zero-order valence-electron chi connectivity index (χ0n) is 10.3. The van der Waals surface area contributed by atoms with E-state index in [0.717, 1.165) is 0 Å². The average Bonchev–Trinajstić information content (AvgIpc) is 2.29. The lowest BCUT2D eigenvalue weighted by Gasteiger charge is -2.31. The molecule has 0 radical (unpaired) electrons. The fraction of sp³-hybridized carbons (Fsp3) is 1.00. The normalized spacial score (nSPS) is 29.0. The van der Waals surface area contributed by atoms with E-state index >= 15 is 0 Å². The fourth-order valence-corrected chi connectivity index (χ4v) is 2.60. The van der Waals surface area contributed by atoms with Gasteiger partial charge >= 0.3 is 0 Å². The molecule has 0 aromatic rings. The summed E-state index contributed by atoms with van der Waals surface area (Å²) in [7, 11) is 0. The van der Waals surface area contributed by atoms with Crippen molar-refractivity contribution < 1.29 is 5.11 Å². The van der Waals surface area contributed by atoms with Crippen molar-refractivity contribution in [2.45, 2.75) is 70.9 Å². The van der Waals surface area contributed by atoms with Crippen LogP contribution in [0.1, 0.15) is 58.8 Å². The lowest BCUT2D eigenvalue weighted by Crippen LogP contribution is -2.40. The van der Waals surface area contributed by atoms with Gasteiger partial charge in [-0.15, -0.1) is 0 Å². The Morgan fingerprint density at radius 3 is 2.33 bits per heavy atom. The van der Waals surface area contributed by atoms with Gasteiger partial charge < -0.3 is 10.4 Å². The van der Waals surface area contributed by atoms with Crippen LogP contribution in [-0.4, -0.2) is 23.8 Å². The molecule has 0 heterocycles. The van der Waals surface area contributed by atoms with Crippen molar-refractivity contribution in [1.82, 2.24) is 5.32 Å². The maximum Gasteiger partial charge on any atom is 0.0459 e. The quantitative estimate of drug-likeness (QED) is 0.711. The molecule has 2 N–H and O–H groups in total. The van der Waals surface area contributed by atoms with Crippen molar-refractivity contribution >= 4 is 0 Å². The second kappa shape index (κ2) is 7.24. The van der Waals surface area contributed by atoms with E-state index in [9.17, 15) is 0 Å². The van der Waals surface area contributed by atoms with Crippen LogP contribution in [-0.2, 0) is 0 Å². The molecule has 0 aromatic heterocycles. The maximum atomic E-state index is 9.07. The number of aliphatic hydroxyl groups excluding tert-OH is 1. The summed E-state index contributed by atoms with van der Waals surface area (Å²) in [5, 5.41) is 12.8. The van der Waals surface area contributed by atoms with Gasteiger partial charge in [0.25, 0.3) is 0 Å². The number of aliphatic hydroxyl groups is 1. The molecule has 1 saturated carbocycles. The fourth-order valence-electron chi connectivity index (χ4n) is 2.60. The van der Waals surface area contributed by atoms with Crippen molar-refractivity contribution in [2.75, 3.05) is 6.61 Å². The van der Waals surface area contributed by atoms with Crippen molar-refractivity contribution in [2.24, 2.45) is 5.92 Å². The van der Waals surface area contributed by atoms with Gasteiger partial charge in [0.05, 0.1) is 0 Å². The Balaban J connectivity index is 2.21. The average molecular weight is 213 g/mol. The van der Waals surface area contributed by atoms with E-state index in [-0.39, 0.29) is 0 Å². The topological polar surface area (TPSA) is 32.3 Å². The minimum atomic E-state index is 0.388. The molecule has 1 aliphatic carbocycles. The van der Waals surface area contributed by atoms with Crippen molar-refractivity contribution in [3.63, 3.8) is 0 Å². The number of hydrogen-bond acceptors (Lipinski definition) is 2. The van der Waals surface area contributed by atoms with E-state index in [2.05, 4.69) is 19.2 Å². The van der Waals surface area contributed by atoms with Gasteiger partial charge in [0.1, 0.15) is 0 Å². The monoisotopic (exact) mass is 213 g/mol. The molecule has 2 nitrogen and oxygen atoms in total. The predicted molar refractivity (Wildman–Crippen MR) is 65.0 cm³/mol. The minimum absolute atomic E-state index is 0.388. The molecular weight excluding hydrogens is 186 g/mol. The van der Waals surface area contributed by atoms with Gasteiger partial charge in [-0.1, -0.05) is 20.3 Å². The zero-order chi connectivity index (χ0) is 11.1. The highest BCUT2D eigenvalue weighted by Gasteiger charge is 2.21. The van der Waals surface area contributed by atoms with Crippen LogP contribution < -0.4 is 5.32 Å². The largest absolute Gasteiger partial charge is 0.396 e. The Kier molecular flexibility index (Phi) is 6.26. The summed E-state index contributed by atoms with van der Waals surface area (Å²) in [6.45, 7) is 4.92. The van der Waals surface area contributed by atoms with E-state index in [1.54, 1.807) is 0 Å². The highest BCUT2D eigenvalue weighted by Crippen LogP contribution is 2.24. The Bertz CT molecular complexity index is 153. The molecule has 0 spiro atoms. The third-order valence-electron chi connectivity index (χ3n) is 3.71. The molecular formula is C13H27NO. The van der Waals surface area contributed by atoms with Crippen LogP contribution in [0.2, 0.25) is 0 Å². The summed E-state index contributed by atoms with van der Waals surface area (Å²) >= 11 is 0. The third-order valence-corrected chi connectivity index (χ3v) is 3.71. The summed E-state index contributed by atoms with van der Waals surface area (Å²) < 4.78 is 0. The molecule has 0 amide bonds. The summed E-state index contributed by atoms with van der Waals surface area (Å²) in [6.07, 6.45) is 8.74. The molecule has 0 aliphatic heterocycles. The van der Waals surface area contributed by atoms with E-state index in [1.807, 2.05) is 0 Å². The standard InChI is InChI=1S/C13H27NO/c1-3-5-12(4-2)14-13-8-6-11(10-15)7-9-13/h11-15H,3-10H2,1-2H3. The second-order valence-electron chi connectivity index (χ2n) is 4.96. The predicted octanol–water partition coefficient (Wildman–Crippen LogP) is 2.71. The first kappa shape index (κ1) is 13.0. The Morgan fingerprint density at radius 2 is 1.87 bits per heavy atom. The van der Waals surface area contributed by atoms with Gasteiger partial charge in [-0.3, -0.25) is 0 Å². The molecule has 1 atom stereocenters. The molecule has 0 bridgehead atoms. The van der Waals surface area contributed by atoms with Crippen LogP contribution in [0, 0.1) is 5.92 Å². The van der Waals surface area contributed by atoms with Crippen LogP contribution in [0.3, 0.4) is 0 Å². The summed E-state index contributed by atoms with van der Waals surface area (Å²) in [5.41, 5.74) is 0. The van der Waals surface area contributed by atoms with E-state index in [1.165, 1.54) is 44.9 Å². The Hall–Kier alpha value is -0.0800. The third kappa shape index (κ3) is 4.52. The van der Waals surface area contributed by atoms with E-state index < -0.39 is 0 Å². The summed E-state index contributed by atoms with van der Waals surface area (Å²) in [5.74, 6) is 0.578. The first-order valence-corrected chi connectivity index (χ1v) is 6.67. The molecule has 2 heteroatoms. The highest BCUT2D eigenvalue weighted by molar-refractivity contribution is 4.79. The first-order chi connectivity index (χ1) is 7.30. The molecule has 1 aliphatic rings. The van der Waals surface area contributed by atoms with Crippen LogP contribution in [0.25, 0.3) is 0 Å². The van der Waals surface area contributed by atoms with Gasteiger partial charge in [0.15, 0.2) is 0 Å². The highest BCUT2D eigenvalue weighted by atomic mass is 16.3. The number of rotatable bonds is 6. The molecule has 90 valence electrons.